The van der Waals surface area contributed by atoms with E-state index in [2.05, 4.69) is 29.6 Å². The molecule has 1 saturated heterocycles. The third kappa shape index (κ3) is 5.46. The molecule has 1 aromatic rings. The van der Waals surface area contributed by atoms with E-state index in [1.165, 1.54) is 11.8 Å². The third-order valence-corrected chi connectivity index (χ3v) is 6.42. The highest BCUT2D eigenvalue weighted by atomic mass is 32.2. The van der Waals surface area contributed by atoms with E-state index >= 15 is 0 Å². The van der Waals surface area contributed by atoms with Crippen LogP contribution in [0.15, 0.2) is 30.3 Å². The summed E-state index contributed by atoms with van der Waals surface area (Å²) in [5.74, 6) is 0.888. The molecule has 2 amide bonds. The van der Waals surface area contributed by atoms with Crippen LogP contribution in [0.1, 0.15) is 31.2 Å². The molecule has 25 heavy (non-hydrogen) atoms. The van der Waals surface area contributed by atoms with Gasteiger partial charge in [0.05, 0.1) is 5.75 Å². The predicted molar refractivity (Wildman–Crippen MR) is 99.2 cm³/mol. The molecule has 1 aliphatic carbocycles. The maximum absolute atomic E-state index is 12.4. The van der Waals surface area contributed by atoms with Crippen molar-refractivity contribution >= 4 is 15.9 Å². The van der Waals surface area contributed by atoms with Crippen LogP contribution in [0.3, 0.4) is 0 Å². The van der Waals surface area contributed by atoms with Crippen LogP contribution in [0.4, 0.5) is 4.79 Å². The monoisotopic (exact) mass is 364 g/mol. The van der Waals surface area contributed by atoms with Crippen LogP contribution in [-0.4, -0.2) is 50.5 Å². The minimum Gasteiger partial charge on any atom is -0.335 e. The maximum Gasteiger partial charge on any atom is 0.317 e. The Bertz CT molecular complexity index is 690. The van der Waals surface area contributed by atoms with Crippen molar-refractivity contribution in [1.82, 2.24) is 10.2 Å². The molecule has 0 spiro atoms. The second kappa shape index (κ2) is 7.77. The van der Waals surface area contributed by atoms with Crippen molar-refractivity contribution in [3.05, 3.63) is 35.9 Å². The molecule has 3 atom stereocenters. The summed E-state index contributed by atoms with van der Waals surface area (Å²) >= 11 is 0. The van der Waals surface area contributed by atoms with E-state index in [9.17, 15) is 13.2 Å². The number of carbonyl (C=O) groups is 1. The Morgan fingerprint density at radius 3 is 2.64 bits per heavy atom. The zero-order valence-electron chi connectivity index (χ0n) is 14.9. The fraction of sp³-hybridized carbons (Fsp3) is 0.632. The summed E-state index contributed by atoms with van der Waals surface area (Å²) in [6, 6.07) is 10.7. The van der Waals surface area contributed by atoms with Gasteiger partial charge in [-0.25, -0.2) is 13.2 Å². The van der Waals surface area contributed by atoms with Crippen molar-refractivity contribution in [2.75, 3.05) is 25.1 Å². The molecule has 0 aromatic heterocycles. The molecule has 1 saturated carbocycles. The zero-order valence-corrected chi connectivity index (χ0v) is 15.7. The molecule has 1 heterocycles. The van der Waals surface area contributed by atoms with Gasteiger partial charge < -0.3 is 10.2 Å². The molecule has 2 fully saturated rings. The average Bonchev–Trinajstić information content (AvgIpc) is 3.16. The Kier molecular flexibility index (Phi) is 5.67. The van der Waals surface area contributed by atoms with E-state index in [1.807, 2.05) is 6.07 Å². The summed E-state index contributed by atoms with van der Waals surface area (Å²) in [5, 5.41) is 3.16. The van der Waals surface area contributed by atoms with Crippen LogP contribution in [0.2, 0.25) is 0 Å². The molecule has 138 valence electrons. The van der Waals surface area contributed by atoms with Crippen LogP contribution in [-0.2, 0) is 16.3 Å². The molecular formula is C19H28N2O3S. The van der Waals surface area contributed by atoms with E-state index in [-0.39, 0.29) is 23.7 Å². The SMILES string of the molecule is CS(=O)(=O)CC1CCN(C(=O)NC2CCC(Cc3ccccc3)C2)C1. The second-order valence-corrected chi connectivity index (χ2v) is 9.89. The number of benzene rings is 1. The van der Waals surface area contributed by atoms with Crippen LogP contribution in [0, 0.1) is 11.8 Å². The van der Waals surface area contributed by atoms with Gasteiger partial charge in [0, 0.05) is 25.4 Å². The van der Waals surface area contributed by atoms with Crippen molar-refractivity contribution in [1.29, 1.82) is 0 Å². The Labute approximate surface area is 150 Å². The minimum absolute atomic E-state index is 0.0265. The summed E-state index contributed by atoms with van der Waals surface area (Å²) < 4.78 is 22.8. The van der Waals surface area contributed by atoms with Crippen molar-refractivity contribution < 1.29 is 13.2 Å². The first-order chi connectivity index (χ1) is 11.9. The van der Waals surface area contributed by atoms with Crippen LogP contribution in [0.25, 0.3) is 0 Å². The number of sulfone groups is 1. The van der Waals surface area contributed by atoms with E-state index in [4.69, 9.17) is 0 Å². The molecule has 3 unspecified atom stereocenters. The lowest BCUT2D eigenvalue weighted by molar-refractivity contribution is 0.203. The normalized spacial score (nSPS) is 26.8. The molecule has 3 rings (SSSR count). The Hall–Kier alpha value is -1.56. The lowest BCUT2D eigenvalue weighted by Gasteiger charge is -2.21. The van der Waals surface area contributed by atoms with Crippen LogP contribution < -0.4 is 5.32 Å². The fourth-order valence-electron chi connectivity index (χ4n) is 4.19. The fourth-order valence-corrected chi connectivity index (χ4v) is 5.31. The van der Waals surface area contributed by atoms with Gasteiger partial charge in [0.2, 0.25) is 0 Å². The van der Waals surface area contributed by atoms with Gasteiger partial charge in [0.25, 0.3) is 0 Å². The second-order valence-electron chi connectivity index (χ2n) is 7.71. The number of amides is 2. The lowest BCUT2D eigenvalue weighted by Crippen LogP contribution is -2.43. The van der Waals surface area contributed by atoms with Gasteiger partial charge in [-0.05, 0) is 49.5 Å². The molecule has 0 radical (unpaired) electrons. The smallest absolute Gasteiger partial charge is 0.317 e. The maximum atomic E-state index is 12.4. The number of carbonyl (C=O) groups excluding carboxylic acids is 1. The number of likely N-dealkylation sites (tertiary alicyclic amines) is 1. The molecule has 6 heteroatoms. The molecule has 2 aliphatic rings. The Balaban J connectivity index is 1.43. The van der Waals surface area contributed by atoms with Gasteiger partial charge in [-0.15, -0.1) is 0 Å². The van der Waals surface area contributed by atoms with Crippen LogP contribution >= 0.6 is 0 Å². The van der Waals surface area contributed by atoms with Gasteiger partial charge in [0.1, 0.15) is 9.84 Å². The molecule has 1 aliphatic heterocycles. The van der Waals surface area contributed by atoms with Gasteiger partial charge in [-0.1, -0.05) is 30.3 Å². The number of hydrogen-bond donors (Lipinski definition) is 1. The van der Waals surface area contributed by atoms with E-state index in [0.29, 0.717) is 19.0 Å². The quantitative estimate of drug-likeness (QED) is 0.873. The summed E-state index contributed by atoms with van der Waals surface area (Å²) in [6.07, 6.45) is 6.33. The van der Waals surface area contributed by atoms with Crippen molar-refractivity contribution in [3.63, 3.8) is 0 Å². The lowest BCUT2D eigenvalue weighted by atomic mass is 9.98. The summed E-state index contributed by atoms with van der Waals surface area (Å²) in [4.78, 5) is 14.2. The molecule has 1 N–H and O–H groups in total. The van der Waals surface area contributed by atoms with E-state index < -0.39 is 9.84 Å². The Morgan fingerprint density at radius 2 is 1.92 bits per heavy atom. The standard InChI is InChI=1S/C19H28N2O3S/c1-25(23,24)14-17-9-10-21(13-17)19(22)20-18-8-7-16(12-18)11-15-5-3-2-4-6-15/h2-6,16-18H,7-14H2,1H3,(H,20,22). The van der Waals surface area contributed by atoms with E-state index in [1.54, 1.807) is 4.90 Å². The number of rotatable bonds is 5. The topological polar surface area (TPSA) is 66.5 Å². The van der Waals surface area contributed by atoms with Gasteiger partial charge >= 0.3 is 6.03 Å². The third-order valence-electron chi connectivity index (χ3n) is 5.35. The van der Waals surface area contributed by atoms with Gasteiger partial charge in [-0.3, -0.25) is 0 Å². The molecule has 0 bridgehead atoms. The van der Waals surface area contributed by atoms with Crippen molar-refractivity contribution in [3.8, 4) is 0 Å². The zero-order chi connectivity index (χ0) is 17.9. The first-order valence-corrected chi connectivity index (χ1v) is 11.2. The van der Waals surface area contributed by atoms with Crippen LogP contribution in [0.5, 0.6) is 0 Å². The number of nitrogens with one attached hydrogen (secondary N) is 1. The largest absolute Gasteiger partial charge is 0.335 e. The highest BCUT2D eigenvalue weighted by molar-refractivity contribution is 7.90. The first kappa shape index (κ1) is 18.2. The summed E-state index contributed by atoms with van der Waals surface area (Å²) in [5.41, 5.74) is 1.36. The summed E-state index contributed by atoms with van der Waals surface area (Å²) in [7, 11) is -2.97. The molecule has 1 aromatic carbocycles. The van der Waals surface area contributed by atoms with Gasteiger partial charge in [0.15, 0.2) is 0 Å². The summed E-state index contributed by atoms with van der Waals surface area (Å²) in [6.45, 7) is 1.21. The average molecular weight is 365 g/mol. The van der Waals surface area contributed by atoms with Crippen molar-refractivity contribution in [2.45, 2.75) is 38.1 Å². The Morgan fingerprint density at radius 1 is 1.16 bits per heavy atom. The number of urea groups is 1. The predicted octanol–water partition coefficient (Wildman–Crippen LogP) is 2.47. The van der Waals surface area contributed by atoms with Crippen molar-refractivity contribution in [2.24, 2.45) is 11.8 Å². The van der Waals surface area contributed by atoms with Gasteiger partial charge in [-0.2, -0.15) is 0 Å². The minimum atomic E-state index is -2.97. The molecule has 5 nitrogen and oxygen atoms in total. The molecular weight excluding hydrogens is 336 g/mol. The highest BCUT2D eigenvalue weighted by Gasteiger charge is 2.31. The number of hydrogen-bond acceptors (Lipinski definition) is 3. The number of nitrogens with zero attached hydrogens (tertiary/aromatic N) is 1. The van der Waals surface area contributed by atoms with E-state index in [0.717, 1.165) is 32.1 Å². The first-order valence-electron chi connectivity index (χ1n) is 9.16. The highest BCUT2D eigenvalue weighted by Crippen LogP contribution is 2.29.